The number of benzene rings is 1. The Morgan fingerprint density at radius 2 is 1.38 bits per heavy atom. The monoisotopic (exact) mass is 1230 g/mol. The number of nitrogens with one attached hydrogen (secondary N) is 3. The van der Waals surface area contributed by atoms with E-state index in [9.17, 15) is 57.8 Å². The van der Waals surface area contributed by atoms with E-state index in [0.717, 1.165) is 10.5 Å². The molecule has 2 heterocycles. The number of carboxylic acid groups (broad SMARTS) is 1. The number of unbranched alkanes of at least 4 members (excludes halogenated alkanes) is 2. The van der Waals surface area contributed by atoms with Crippen LogP contribution in [0, 0.1) is 41.4 Å². The molecule has 0 radical (unpaired) electrons. The summed E-state index contributed by atoms with van der Waals surface area (Å²) < 4.78 is 12.0. The smallest absolute Gasteiger partial charge is 0.307 e. The lowest BCUT2D eigenvalue weighted by molar-refractivity contribution is -0.149. The van der Waals surface area contributed by atoms with Crippen LogP contribution in [0.4, 0.5) is 0 Å². The van der Waals surface area contributed by atoms with Crippen LogP contribution in [-0.2, 0) is 68.6 Å². The quantitative estimate of drug-likeness (QED) is 0.0236. The Kier molecular flexibility index (Phi) is 31.6. The van der Waals surface area contributed by atoms with Crippen LogP contribution in [0.25, 0.3) is 0 Å². The van der Waals surface area contributed by atoms with Crippen molar-refractivity contribution in [2.24, 2.45) is 57.9 Å². The maximum absolute atomic E-state index is 14.8. The fourth-order valence-corrected chi connectivity index (χ4v) is 11.9. The van der Waals surface area contributed by atoms with E-state index in [4.69, 9.17) is 20.9 Å². The molecule has 2 aliphatic heterocycles. The van der Waals surface area contributed by atoms with Crippen molar-refractivity contribution in [2.45, 2.75) is 188 Å². The van der Waals surface area contributed by atoms with E-state index < -0.39 is 114 Å². The number of hydrogen-bond donors (Lipinski definition) is 6. The summed E-state index contributed by atoms with van der Waals surface area (Å²) in [6, 6.07) is 4.82. The van der Waals surface area contributed by atoms with Gasteiger partial charge < -0.3 is 56.7 Å². The number of aliphatic imine (C=N–C) groups is 1. The highest BCUT2D eigenvalue weighted by molar-refractivity contribution is 6.12. The zero-order chi connectivity index (χ0) is 66.1. The van der Waals surface area contributed by atoms with Crippen molar-refractivity contribution in [1.82, 2.24) is 35.6 Å². The Morgan fingerprint density at radius 1 is 0.750 bits per heavy atom. The van der Waals surface area contributed by atoms with Gasteiger partial charge in [0.05, 0.1) is 49.2 Å². The van der Waals surface area contributed by atoms with Gasteiger partial charge in [-0.05, 0) is 74.2 Å². The molecular weight excluding hydrogens is 1130 g/mol. The standard InChI is InChI=1S/C64H102N10O14/c1-14-41(8)58(49(87-12)36-53(80)73-32-22-26-46(73)59(88-13)42(9)47(75)35-45(63(85)86)33-43-23-17-15-18-24-43)72(11)62(84)56(39(4)5)70-61(83)57(40(6)7)71(10)54(81)37-68-60(82)44(25-21-30-67-64(65)66)34-48(76)55(38(2)3)69-50(77)27-19-16-20-31-74-51(78)28-29-52(74)79/h15,17-18,23-24,28-29,38-42,44-46,49,55-59H,14,16,19-22,25-27,30-37H2,1-13H3,(H,68,82)(H,69,77)(H,70,83)(H,85,86)(H4,65,66,67)/t41-,42-,44+,45+,46-,49+,55-,56-,57-,58?,59+/m0/s1. The molecule has 2 aliphatic rings. The number of hydrogen-bond acceptors (Lipinski definition) is 14. The van der Waals surface area contributed by atoms with Crippen LogP contribution >= 0.6 is 0 Å². The van der Waals surface area contributed by atoms with Crippen LogP contribution in [0.15, 0.2) is 47.5 Å². The van der Waals surface area contributed by atoms with Gasteiger partial charge in [0.15, 0.2) is 11.7 Å². The summed E-state index contributed by atoms with van der Waals surface area (Å²) in [6.07, 6.45) is 4.31. The van der Waals surface area contributed by atoms with E-state index in [1.54, 1.807) is 60.4 Å². The molecule has 1 unspecified atom stereocenters. The van der Waals surface area contributed by atoms with Gasteiger partial charge in [0.1, 0.15) is 17.9 Å². The van der Waals surface area contributed by atoms with Gasteiger partial charge in [-0.3, -0.25) is 62.6 Å². The summed E-state index contributed by atoms with van der Waals surface area (Å²) in [5.41, 5.74) is 11.9. The molecule has 0 aliphatic carbocycles. The number of carbonyl (C=O) groups is 11. The Morgan fingerprint density at radius 3 is 1.93 bits per heavy atom. The third kappa shape index (κ3) is 22.5. The number of carbonyl (C=O) groups excluding carboxylic acids is 10. The van der Waals surface area contributed by atoms with Crippen LogP contribution < -0.4 is 27.4 Å². The number of carboxylic acids is 1. The Balaban J connectivity index is 1.73. The fourth-order valence-electron chi connectivity index (χ4n) is 11.9. The van der Waals surface area contributed by atoms with Crippen molar-refractivity contribution in [3.8, 4) is 0 Å². The molecule has 0 spiro atoms. The third-order valence-electron chi connectivity index (χ3n) is 17.2. The summed E-state index contributed by atoms with van der Waals surface area (Å²) >= 11 is 0. The number of rotatable bonds is 40. The average Bonchev–Trinajstić information content (AvgIpc) is 4.19. The largest absolute Gasteiger partial charge is 0.481 e. The van der Waals surface area contributed by atoms with Crippen molar-refractivity contribution in [2.75, 3.05) is 54.5 Å². The minimum absolute atomic E-state index is 0.0927. The number of imide groups is 1. The molecule has 1 saturated heterocycles. The molecule has 3 rings (SSSR count). The zero-order valence-corrected chi connectivity index (χ0v) is 54.3. The van der Waals surface area contributed by atoms with E-state index in [2.05, 4.69) is 20.9 Å². The summed E-state index contributed by atoms with van der Waals surface area (Å²) in [5.74, 6) is -9.74. The van der Waals surface area contributed by atoms with Gasteiger partial charge in [0.2, 0.25) is 35.4 Å². The summed E-state index contributed by atoms with van der Waals surface area (Å²) in [4.78, 5) is 158. The van der Waals surface area contributed by atoms with Crippen LogP contribution in [0.2, 0.25) is 0 Å². The zero-order valence-electron chi connectivity index (χ0n) is 54.3. The molecule has 8 amide bonds. The molecule has 24 heteroatoms. The molecular formula is C64H102N10O14. The molecule has 8 N–H and O–H groups in total. The van der Waals surface area contributed by atoms with E-state index in [0.29, 0.717) is 51.5 Å². The number of nitrogens with zero attached hydrogens (tertiary/aromatic N) is 5. The highest BCUT2D eigenvalue weighted by atomic mass is 16.5. The van der Waals surface area contributed by atoms with Crippen LogP contribution in [0.5, 0.6) is 0 Å². The number of guanidine groups is 1. The first kappa shape index (κ1) is 75.2. The van der Waals surface area contributed by atoms with Crippen molar-refractivity contribution < 1.29 is 67.3 Å². The van der Waals surface area contributed by atoms with Gasteiger partial charge in [-0.2, -0.15) is 0 Å². The third-order valence-corrected chi connectivity index (χ3v) is 17.2. The minimum atomic E-state index is -1.11. The number of ketones is 2. The highest BCUT2D eigenvalue weighted by Crippen LogP contribution is 2.31. The van der Waals surface area contributed by atoms with Gasteiger partial charge in [0, 0.05) is 91.2 Å². The van der Waals surface area contributed by atoms with Crippen molar-refractivity contribution in [3.05, 3.63) is 48.0 Å². The predicted molar refractivity (Wildman–Crippen MR) is 332 cm³/mol. The molecule has 1 aromatic rings. The normalized spacial score (nSPS) is 17.5. The van der Waals surface area contributed by atoms with Gasteiger partial charge in [-0.1, -0.05) is 105 Å². The fraction of sp³-hybridized carbons (Fsp3) is 0.688. The molecule has 492 valence electrons. The lowest BCUT2D eigenvalue weighted by atomic mass is 9.85. The molecule has 0 saturated carbocycles. The van der Waals surface area contributed by atoms with Gasteiger partial charge in [0.25, 0.3) is 11.8 Å². The maximum atomic E-state index is 14.8. The summed E-state index contributed by atoms with van der Waals surface area (Å²) in [7, 11) is 5.99. The Hall–Kier alpha value is -7.08. The number of aliphatic carboxylic acids is 1. The van der Waals surface area contributed by atoms with E-state index in [1.807, 2.05) is 44.2 Å². The molecule has 1 fully saturated rings. The number of Topliss-reactive ketones (excluding diaryl/α,β-unsaturated/α-hetero) is 2. The van der Waals surface area contributed by atoms with E-state index in [1.165, 1.54) is 43.2 Å². The summed E-state index contributed by atoms with van der Waals surface area (Å²) in [6.45, 7) is 16.4. The molecule has 0 bridgehead atoms. The molecule has 88 heavy (non-hydrogen) atoms. The van der Waals surface area contributed by atoms with Crippen molar-refractivity contribution in [1.29, 1.82) is 0 Å². The number of amides is 8. The molecule has 1 aromatic carbocycles. The molecule has 24 nitrogen and oxygen atoms in total. The number of methoxy groups -OCH3 is 2. The molecule has 0 aromatic heterocycles. The first-order valence-corrected chi connectivity index (χ1v) is 31.2. The second-order valence-corrected chi connectivity index (χ2v) is 24.7. The van der Waals surface area contributed by atoms with Gasteiger partial charge in [-0.15, -0.1) is 0 Å². The topological polar surface area (TPSA) is 340 Å². The van der Waals surface area contributed by atoms with Gasteiger partial charge >= 0.3 is 5.97 Å². The van der Waals surface area contributed by atoms with Gasteiger partial charge in [-0.25, -0.2) is 0 Å². The lowest BCUT2D eigenvalue weighted by Crippen LogP contribution is -2.60. The first-order valence-electron chi connectivity index (χ1n) is 31.2. The van der Waals surface area contributed by atoms with Crippen LogP contribution in [0.3, 0.4) is 0 Å². The van der Waals surface area contributed by atoms with Crippen LogP contribution in [0.1, 0.15) is 145 Å². The lowest BCUT2D eigenvalue weighted by Gasteiger charge is -2.41. The number of nitrogens with two attached hydrogens (primary N) is 2. The predicted octanol–water partition coefficient (Wildman–Crippen LogP) is 3.80. The number of ether oxygens (including phenoxy) is 2. The van der Waals surface area contributed by atoms with Crippen molar-refractivity contribution in [3.63, 3.8) is 0 Å². The average molecular weight is 1240 g/mol. The second kappa shape index (κ2) is 37.0. The van der Waals surface area contributed by atoms with E-state index >= 15 is 0 Å². The highest BCUT2D eigenvalue weighted by Gasteiger charge is 2.44. The second-order valence-electron chi connectivity index (χ2n) is 24.7. The first-order chi connectivity index (χ1) is 41.5. The Bertz CT molecular complexity index is 2570. The van der Waals surface area contributed by atoms with Crippen molar-refractivity contribution >= 4 is 70.8 Å². The van der Waals surface area contributed by atoms with E-state index in [-0.39, 0.29) is 98.8 Å². The van der Waals surface area contributed by atoms with Crippen LogP contribution in [-0.4, -0.2) is 192 Å². The number of likely N-dealkylation sites (N-methyl/N-ethyl adjacent to an activating group) is 2. The minimum Gasteiger partial charge on any atom is -0.481 e. The Labute approximate surface area is 520 Å². The SMILES string of the molecule is CC[C@H](C)C([C@@H](CC(=O)N1CCC[C@H]1[C@H](OC)[C@@H](C)C(=O)C[C@@H](Cc1ccccc1)C(=O)O)OC)N(C)C(=O)[C@@H](NC(=O)[C@H](C(C)C)N(C)C(=O)CNC(=O)[C@H](CCCN=C(N)N)CC(=O)[C@@H](NC(=O)CCCCCN1C(=O)C=CC1=O)C(C)C)C(C)C. The number of likely N-dealkylation sites (tertiary alicyclic amines) is 1. The molecule has 11 atom stereocenters. The summed E-state index contributed by atoms with van der Waals surface area (Å²) in [5, 5.41) is 18.5. The maximum Gasteiger partial charge on any atom is 0.307 e.